The molecule has 5 rings (SSSR count). The summed E-state index contributed by atoms with van der Waals surface area (Å²) in [6.07, 6.45) is 10.6. The van der Waals surface area contributed by atoms with Crippen molar-refractivity contribution in [3.05, 3.63) is 40.9 Å². The summed E-state index contributed by atoms with van der Waals surface area (Å²) in [5.41, 5.74) is 0.338. The van der Waals surface area contributed by atoms with E-state index in [1.807, 2.05) is 11.8 Å². The van der Waals surface area contributed by atoms with Crippen molar-refractivity contribution in [2.75, 3.05) is 38.1 Å². The number of nitrogens with one attached hydrogen (secondary N) is 1. The van der Waals surface area contributed by atoms with Gasteiger partial charge in [-0.2, -0.15) is 0 Å². The van der Waals surface area contributed by atoms with E-state index in [1.165, 1.54) is 43.1 Å². The molecule has 7 nitrogen and oxygen atoms in total. The molecule has 0 radical (unpaired) electrons. The van der Waals surface area contributed by atoms with Crippen LogP contribution in [0.15, 0.2) is 24.5 Å². The summed E-state index contributed by atoms with van der Waals surface area (Å²) in [4.78, 5) is 26.7. The highest BCUT2D eigenvalue weighted by atomic mass is 32.1. The lowest BCUT2D eigenvalue weighted by Gasteiger charge is -2.42. The number of nitrogens with zero attached hydrogens (tertiary/aromatic N) is 4. The molecule has 2 saturated heterocycles. The second-order valence-corrected chi connectivity index (χ2v) is 10.9. The molecule has 2 aromatic heterocycles. The lowest BCUT2D eigenvalue weighted by atomic mass is 9.98. The number of aromatic nitrogens is 2. The van der Waals surface area contributed by atoms with Crippen LogP contribution >= 0.6 is 11.3 Å². The van der Waals surface area contributed by atoms with Crippen molar-refractivity contribution >= 4 is 22.4 Å². The van der Waals surface area contributed by atoms with Crippen molar-refractivity contribution < 1.29 is 13.9 Å². The molecule has 1 unspecified atom stereocenters. The number of hydrogen-bond donors (Lipinski definition) is 1. The van der Waals surface area contributed by atoms with Gasteiger partial charge in [0.25, 0.3) is 5.91 Å². The highest BCUT2D eigenvalue weighted by Crippen LogP contribution is 2.31. The Hall–Kier alpha value is -2.10. The molecule has 0 bridgehead atoms. The smallest absolute Gasteiger partial charge is 0.265 e. The zero-order valence-electron chi connectivity index (χ0n) is 19.8. The summed E-state index contributed by atoms with van der Waals surface area (Å²) in [5, 5.41) is 3.77. The van der Waals surface area contributed by atoms with E-state index in [2.05, 4.69) is 20.2 Å². The molecule has 184 valence electrons. The third-order valence-electron chi connectivity index (χ3n) is 7.20. The van der Waals surface area contributed by atoms with E-state index in [9.17, 15) is 9.18 Å². The number of carbonyl (C=O) groups is 1. The average Bonchev–Trinajstić information content (AvgIpc) is 3.59. The molecule has 1 saturated carbocycles. The first-order chi connectivity index (χ1) is 16.6. The van der Waals surface area contributed by atoms with Crippen LogP contribution in [0.4, 0.5) is 9.52 Å². The Labute approximate surface area is 204 Å². The van der Waals surface area contributed by atoms with Gasteiger partial charge in [-0.05, 0) is 70.0 Å². The highest BCUT2D eigenvalue weighted by Gasteiger charge is 2.32. The van der Waals surface area contributed by atoms with Crippen LogP contribution in [0.5, 0.6) is 0 Å². The predicted molar refractivity (Wildman–Crippen MR) is 131 cm³/mol. The Bertz CT molecular complexity index is 976. The van der Waals surface area contributed by atoms with Gasteiger partial charge in [-0.25, -0.2) is 9.37 Å². The first kappa shape index (κ1) is 23.6. The van der Waals surface area contributed by atoms with Crippen LogP contribution in [0.25, 0.3) is 0 Å². The standard InChI is InChI=1S/C25H34FN5O2S/c1-17(23-21(26)5-2-10-27-23)29-25-28-14-22(34-25)24(32)30-12-8-19(9-13-30)31-11-3-4-20(15-31)33-16-18-6-7-18/h2,5,10,14,17-20H,3-4,6-9,11-13,15-16H2,1H3,(H,28,29)/t17-,20?/m0/s1. The van der Waals surface area contributed by atoms with E-state index < -0.39 is 0 Å². The maximum atomic E-state index is 14.0. The Morgan fingerprint density at radius 1 is 1.24 bits per heavy atom. The number of anilines is 1. The van der Waals surface area contributed by atoms with E-state index in [1.54, 1.807) is 18.5 Å². The van der Waals surface area contributed by atoms with Gasteiger partial charge in [0.05, 0.1) is 24.0 Å². The maximum Gasteiger partial charge on any atom is 0.265 e. The second-order valence-electron chi connectivity index (χ2n) is 9.83. The van der Waals surface area contributed by atoms with Crippen LogP contribution < -0.4 is 5.32 Å². The number of halogens is 1. The Morgan fingerprint density at radius 3 is 2.82 bits per heavy atom. The number of hydrogen-bond acceptors (Lipinski definition) is 7. The van der Waals surface area contributed by atoms with Crippen molar-refractivity contribution in [1.29, 1.82) is 0 Å². The molecule has 1 amide bonds. The molecular weight excluding hydrogens is 453 g/mol. The monoisotopic (exact) mass is 487 g/mol. The van der Waals surface area contributed by atoms with Crippen molar-refractivity contribution in [3.63, 3.8) is 0 Å². The van der Waals surface area contributed by atoms with Crippen molar-refractivity contribution in [2.24, 2.45) is 5.92 Å². The number of piperidine rings is 2. The second kappa shape index (κ2) is 10.7. The minimum atomic E-state index is -0.354. The quantitative estimate of drug-likeness (QED) is 0.597. The molecule has 34 heavy (non-hydrogen) atoms. The predicted octanol–water partition coefficient (Wildman–Crippen LogP) is 4.35. The summed E-state index contributed by atoms with van der Waals surface area (Å²) in [5.74, 6) is 0.490. The zero-order valence-corrected chi connectivity index (χ0v) is 20.6. The Morgan fingerprint density at radius 2 is 2.06 bits per heavy atom. The van der Waals surface area contributed by atoms with Crippen molar-refractivity contribution in [2.45, 2.75) is 63.6 Å². The van der Waals surface area contributed by atoms with E-state index in [4.69, 9.17) is 4.74 Å². The summed E-state index contributed by atoms with van der Waals surface area (Å²) < 4.78 is 20.2. The number of amides is 1. The molecule has 1 N–H and O–H groups in total. The lowest BCUT2D eigenvalue weighted by molar-refractivity contribution is -0.0244. The van der Waals surface area contributed by atoms with Crippen molar-refractivity contribution in [3.8, 4) is 0 Å². The van der Waals surface area contributed by atoms with Gasteiger partial charge in [-0.1, -0.05) is 11.3 Å². The van der Waals surface area contributed by atoms with Gasteiger partial charge in [-0.3, -0.25) is 14.7 Å². The fourth-order valence-corrected chi connectivity index (χ4v) is 5.86. The third-order valence-corrected chi connectivity index (χ3v) is 8.11. The number of thiazole rings is 1. The number of pyridine rings is 1. The number of likely N-dealkylation sites (tertiary alicyclic amines) is 2. The van der Waals surface area contributed by atoms with Gasteiger partial charge in [0.2, 0.25) is 0 Å². The lowest BCUT2D eigenvalue weighted by Crippen LogP contribution is -2.51. The van der Waals surface area contributed by atoms with Gasteiger partial charge in [0.15, 0.2) is 5.13 Å². The number of ether oxygens (including phenoxy) is 1. The SMILES string of the molecule is C[C@H](Nc1ncc(C(=O)N2CCC(N3CCCC(OCC4CC4)C3)CC2)s1)c1ncccc1F. The maximum absolute atomic E-state index is 14.0. The number of carbonyl (C=O) groups excluding carboxylic acids is 1. The zero-order chi connectivity index (χ0) is 23.5. The molecule has 1 aliphatic carbocycles. The molecule has 2 aromatic rings. The number of rotatable bonds is 8. The first-order valence-electron chi connectivity index (χ1n) is 12.5. The summed E-state index contributed by atoms with van der Waals surface area (Å²) in [7, 11) is 0. The molecule has 2 aliphatic heterocycles. The molecule has 3 fully saturated rings. The molecule has 0 spiro atoms. The normalized spacial score (nSPS) is 23.1. The average molecular weight is 488 g/mol. The van der Waals surface area contributed by atoms with Crippen LogP contribution in [0, 0.1) is 11.7 Å². The van der Waals surface area contributed by atoms with Gasteiger partial charge in [-0.15, -0.1) is 0 Å². The molecule has 4 heterocycles. The van der Waals surface area contributed by atoms with Crippen LogP contribution in [0.1, 0.15) is 66.9 Å². The third kappa shape index (κ3) is 5.75. The fraction of sp³-hybridized carbons (Fsp3) is 0.640. The van der Waals surface area contributed by atoms with Crippen LogP contribution in [0.2, 0.25) is 0 Å². The molecule has 2 atom stereocenters. The molecule has 0 aromatic carbocycles. The minimum Gasteiger partial charge on any atom is -0.377 e. The Kier molecular flexibility index (Phi) is 7.41. The summed E-state index contributed by atoms with van der Waals surface area (Å²) in [6, 6.07) is 3.16. The minimum absolute atomic E-state index is 0.0324. The molecule has 3 aliphatic rings. The molecular formula is C25H34FN5O2S. The van der Waals surface area contributed by atoms with E-state index >= 15 is 0 Å². The van der Waals surface area contributed by atoms with Crippen LogP contribution in [0.3, 0.4) is 0 Å². The summed E-state index contributed by atoms with van der Waals surface area (Å²) in [6.45, 7) is 6.48. The van der Waals surface area contributed by atoms with E-state index in [0.29, 0.717) is 27.8 Å². The fourth-order valence-electron chi connectivity index (χ4n) is 4.99. The van der Waals surface area contributed by atoms with Gasteiger partial charge in [0.1, 0.15) is 10.7 Å². The first-order valence-corrected chi connectivity index (χ1v) is 13.4. The van der Waals surface area contributed by atoms with Crippen LogP contribution in [-0.2, 0) is 4.74 Å². The van der Waals surface area contributed by atoms with E-state index in [-0.39, 0.29) is 17.8 Å². The van der Waals surface area contributed by atoms with Gasteiger partial charge >= 0.3 is 0 Å². The van der Waals surface area contributed by atoms with Gasteiger partial charge in [0, 0.05) is 38.5 Å². The molecule has 9 heteroatoms. The highest BCUT2D eigenvalue weighted by molar-refractivity contribution is 7.17. The Balaban J connectivity index is 1.10. The largest absolute Gasteiger partial charge is 0.377 e. The van der Waals surface area contributed by atoms with Gasteiger partial charge < -0.3 is 15.0 Å². The topological polar surface area (TPSA) is 70.6 Å². The van der Waals surface area contributed by atoms with E-state index in [0.717, 1.165) is 51.5 Å². The van der Waals surface area contributed by atoms with Crippen LogP contribution in [-0.4, -0.2) is 70.6 Å². The summed E-state index contributed by atoms with van der Waals surface area (Å²) >= 11 is 1.31. The van der Waals surface area contributed by atoms with Crippen molar-refractivity contribution in [1.82, 2.24) is 19.8 Å².